The Bertz CT molecular complexity index is 46.5. The normalized spacial score (nSPS) is 16.5. The average molecular weight is 180 g/mol. The summed E-state index contributed by atoms with van der Waals surface area (Å²) in [6.45, 7) is 7.34. The fraction of sp³-hybridized carbons (Fsp3) is 1.00. The first-order valence-electron chi connectivity index (χ1n) is 3.57. The summed E-state index contributed by atoms with van der Waals surface area (Å²) in [6, 6.07) is 0. The van der Waals surface area contributed by atoms with Crippen LogP contribution in [0.3, 0.4) is 0 Å². The van der Waals surface area contributed by atoms with Gasteiger partial charge in [-0.2, -0.15) is 0 Å². The molecule has 0 amide bonds. The van der Waals surface area contributed by atoms with Crippen LogP contribution in [-0.2, 0) is 0 Å². The van der Waals surface area contributed by atoms with E-state index in [-0.39, 0.29) is 0 Å². The van der Waals surface area contributed by atoms with Crippen LogP contribution < -0.4 is 0 Å². The number of hydrogen-bond acceptors (Lipinski definition) is 1. The predicted molar refractivity (Wildman–Crippen MR) is 53.6 cm³/mol. The molecule has 0 bridgehead atoms. The van der Waals surface area contributed by atoms with Crippen molar-refractivity contribution < 1.29 is 0 Å². The van der Waals surface area contributed by atoms with E-state index in [1.165, 1.54) is 0 Å². The molecule has 1 nitrogen and oxygen atoms in total. The molecule has 0 aromatic rings. The minimum Gasteiger partial charge on any atom is -0.385 e. The van der Waals surface area contributed by atoms with Crippen molar-refractivity contribution in [2.24, 2.45) is 0 Å². The van der Waals surface area contributed by atoms with Crippen LogP contribution in [0.1, 0.15) is 0 Å². The Hall–Kier alpha value is 0.828. The Morgan fingerprint density at radius 3 is 1.62 bits per heavy atom. The minimum absolute atomic E-state index is 0.308. The van der Waals surface area contributed by atoms with E-state index >= 15 is 0 Å². The standard InChI is InChI=1S/C3H17NSi4/c1-5-4(6-2)8-7-3/h5-8H2,1-3H3. The van der Waals surface area contributed by atoms with E-state index in [1.807, 2.05) is 0 Å². The third-order valence-corrected chi connectivity index (χ3v) is 18.6. The fourth-order valence-corrected chi connectivity index (χ4v) is 19.1. The van der Waals surface area contributed by atoms with Gasteiger partial charge in [-0.15, -0.1) is 0 Å². The van der Waals surface area contributed by atoms with Crippen molar-refractivity contribution in [3.63, 3.8) is 0 Å². The Labute approximate surface area is 61.6 Å². The molecular weight excluding hydrogens is 162 g/mol. The van der Waals surface area contributed by atoms with E-state index < -0.39 is 0 Å². The Kier molecular flexibility index (Phi) is 6.57. The molecule has 0 atom stereocenters. The van der Waals surface area contributed by atoms with Crippen molar-refractivity contribution in [3.8, 4) is 0 Å². The van der Waals surface area contributed by atoms with Crippen molar-refractivity contribution in [1.82, 2.24) is 3.90 Å². The van der Waals surface area contributed by atoms with E-state index in [4.69, 9.17) is 0 Å². The third kappa shape index (κ3) is 3.78. The molecule has 0 saturated heterocycles. The van der Waals surface area contributed by atoms with Gasteiger partial charge in [0.1, 0.15) is 0 Å². The molecule has 0 unspecified atom stereocenters. The molecule has 0 fully saturated rings. The Balaban J connectivity index is 3.07. The van der Waals surface area contributed by atoms with E-state index in [0.29, 0.717) is 37.6 Å². The quantitative estimate of drug-likeness (QED) is 0.442. The van der Waals surface area contributed by atoms with Gasteiger partial charge in [0.15, 0.2) is 0 Å². The highest BCUT2D eigenvalue weighted by Gasteiger charge is 1.94. The zero-order chi connectivity index (χ0) is 6.41. The van der Waals surface area contributed by atoms with Crippen molar-refractivity contribution in [2.45, 2.75) is 19.6 Å². The smallest absolute Gasteiger partial charge is 0.0768 e. The maximum atomic E-state index is 2.91. The SMILES string of the molecule is C[SiH2][SiH2]N([SiH2]C)[SiH2]C. The summed E-state index contributed by atoms with van der Waals surface area (Å²) in [6.07, 6.45) is 0. The van der Waals surface area contributed by atoms with Crippen LogP contribution in [0.5, 0.6) is 0 Å². The van der Waals surface area contributed by atoms with Crippen molar-refractivity contribution in [2.75, 3.05) is 0 Å². The lowest BCUT2D eigenvalue weighted by Crippen LogP contribution is -2.34. The van der Waals surface area contributed by atoms with Gasteiger partial charge in [0.25, 0.3) is 0 Å². The largest absolute Gasteiger partial charge is 0.385 e. The molecular formula is C3H17NSi4. The van der Waals surface area contributed by atoms with Crippen LogP contribution >= 0.6 is 0 Å². The molecule has 0 rings (SSSR count). The molecule has 0 aliphatic heterocycles. The van der Waals surface area contributed by atoms with Gasteiger partial charge < -0.3 is 3.90 Å². The maximum Gasteiger partial charge on any atom is 0.0768 e. The monoisotopic (exact) mass is 179 g/mol. The molecule has 0 aliphatic rings. The molecule has 0 aromatic heterocycles. The second kappa shape index (κ2) is 5.96. The summed E-state index contributed by atoms with van der Waals surface area (Å²) >= 11 is 0. The molecule has 0 aliphatic carbocycles. The molecule has 0 heterocycles. The van der Waals surface area contributed by atoms with E-state index in [9.17, 15) is 0 Å². The number of nitrogens with zero attached hydrogens (tertiary/aromatic N) is 1. The third-order valence-electron chi connectivity index (χ3n) is 1.43. The molecule has 50 valence electrons. The highest BCUT2D eigenvalue weighted by atomic mass is 29.2. The Morgan fingerprint density at radius 1 is 1.00 bits per heavy atom. The lowest BCUT2D eigenvalue weighted by molar-refractivity contribution is 1.11. The minimum atomic E-state index is 0.308. The molecule has 5 heteroatoms. The van der Waals surface area contributed by atoms with Gasteiger partial charge in [-0.1, -0.05) is 19.6 Å². The molecule has 0 spiro atoms. The van der Waals surface area contributed by atoms with E-state index in [2.05, 4.69) is 23.5 Å². The van der Waals surface area contributed by atoms with Crippen molar-refractivity contribution in [3.05, 3.63) is 0 Å². The van der Waals surface area contributed by atoms with E-state index in [0.717, 1.165) is 0 Å². The molecule has 0 N–H and O–H groups in total. The summed E-state index contributed by atoms with van der Waals surface area (Å²) in [4.78, 5) is 0. The second-order valence-electron chi connectivity index (χ2n) is 2.03. The summed E-state index contributed by atoms with van der Waals surface area (Å²) in [5.41, 5.74) is 0. The highest BCUT2D eigenvalue weighted by Crippen LogP contribution is 1.74. The summed E-state index contributed by atoms with van der Waals surface area (Å²) in [5.74, 6) is 0. The Morgan fingerprint density at radius 2 is 1.50 bits per heavy atom. The first-order valence-corrected chi connectivity index (χ1v) is 13.7. The second-order valence-corrected chi connectivity index (χ2v) is 14.4. The number of rotatable bonds is 4. The van der Waals surface area contributed by atoms with Crippen molar-refractivity contribution >= 4 is 37.6 Å². The van der Waals surface area contributed by atoms with Crippen LogP contribution in [0.4, 0.5) is 0 Å². The lowest BCUT2D eigenvalue weighted by atomic mass is 11.9. The zero-order valence-corrected chi connectivity index (χ0v) is 11.9. The highest BCUT2D eigenvalue weighted by molar-refractivity contribution is 7.03. The van der Waals surface area contributed by atoms with E-state index in [1.54, 1.807) is 0 Å². The topological polar surface area (TPSA) is 3.24 Å². The molecule has 0 saturated carbocycles. The van der Waals surface area contributed by atoms with Gasteiger partial charge in [-0.05, 0) is 0 Å². The van der Waals surface area contributed by atoms with Gasteiger partial charge in [0.05, 0.1) is 28.6 Å². The lowest BCUT2D eigenvalue weighted by Gasteiger charge is -2.15. The van der Waals surface area contributed by atoms with Crippen LogP contribution in [-0.4, -0.2) is 41.5 Å². The fourth-order valence-electron chi connectivity index (χ4n) is 0.856. The van der Waals surface area contributed by atoms with Gasteiger partial charge in [0, 0.05) is 9.04 Å². The molecule has 0 radical (unpaired) electrons. The van der Waals surface area contributed by atoms with Crippen LogP contribution in [0.2, 0.25) is 19.6 Å². The van der Waals surface area contributed by atoms with Gasteiger partial charge in [0.2, 0.25) is 0 Å². The van der Waals surface area contributed by atoms with Gasteiger partial charge >= 0.3 is 0 Å². The maximum absolute atomic E-state index is 2.91. The average Bonchev–Trinajstić information content (AvgIpc) is 1.83. The first kappa shape index (κ1) is 8.83. The number of hydrogen-bond donors (Lipinski definition) is 0. The van der Waals surface area contributed by atoms with Gasteiger partial charge in [-0.25, -0.2) is 0 Å². The first-order chi connectivity index (χ1) is 3.85. The summed E-state index contributed by atoms with van der Waals surface area (Å²) in [7, 11) is 1.53. The van der Waals surface area contributed by atoms with Crippen LogP contribution in [0.15, 0.2) is 0 Å². The van der Waals surface area contributed by atoms with Crippen LogP contribution in [0.25, 0.3) is 0 Å². The zero-order valence-electron chi connectivity index (χ0n) is 6.28. The molecule has 0 aromatic carbocycles. The van der Waals surface area contributed by atoms with Gasteiger partial charge in [-0.3, -0.25) is 0 Å². The van der Waals surface area contributed by atoms with Crippen molar-refractivity contribution in [1.29, 1.82) is 0 Å². The summed E-state index contributed by atoms with van der Waals surface area (Å²) in [5, 5.41) is 0. The molecule has 8 heavy (non-hydrogen) atoms. The summed E-state index contributed by atoms with van der Waals surface area (Å²) < 4.78 is 2.91. The predicted octanol–water partition coefficient (Wildman–Crippen LogP) is -2.23. The van der Waals surface area contributed by atoms with Crippen LogP contribution in [0, 0.1) is 0 Å².